The van der Waals surface area contributed by atoms with Crippen molar-refractivity contribution in [2.75, 3.05) is 0 Å². The molecule has 0 aliphatic carbocycles. The maximum atomic E-state index is 5.71. The third-order valence-corrected chi connectivity index (χ3v) is 3.13. The Balaban J connectivity index is 2.04. The Morgan fingerprint density at radius 1 is 1.28 bits per heavy atom. The SMILES string of the molecule is NC(N)=Nc1nc(-c2cc3ccccc3o2)cs1. The van der Waals surface area contributed by atoms with E-state index in [0.717, 1.165) is 16.7 Å². The van der Waals surface area contributed by atoms with Gasteiger partial charge in [0, 0.05) is 10.8 Å². The molecular weight excluding hydrogens is 248 g/mol. The van der Waals surface area contributed by atoms with Crippen LogP contribution in [0, 0.1) is 0 Å². The van der Waals surface area contributed by atoms with Crippen LogP contribution in [0.2, 0.25) is 0 Å². The molecule has 0 spiro atoms. The van der Waals surface area contributed by atoms with E-state index in [1.54, 1.807) is 0 Å². The Hall–Kier alpha value is -2.34. The molecule has 0 fully saturated rings. The zero-order valence-electron chi connectivity index (χ0n) is 9.33. The summed E-state index contributed by atoms with van der Waals surface area (Å²) in [7, 11) is 0. The van der Waals surface area contributed by atoms with E-state index in [4.69, 9.17) is 15.9 Å². The van der Waals surface area contributed by atoms with Gasteiger partial charge in [0.25, 0.3) is 0 Å². The number of guanidine groups is 1. The molecule has 0 bridgehead atoms. The number of fused-ring (bicyclic) bond motifs is 1. The summed E-state index contributed by atoms with van der Waals surface area (Å²) in [5, 5.41) is 3.42. The normalized spacial score (nSPS) is 10.7. The van der Waals surface area contributed by atoms with Crippen LogP contribution in [0.25, 0.3) is 22.4 Å². The number of para-hydroxylation sites is 1. The lowest BCUT2D eigenvalue weighted by Crippen LogP contribution is -2.21. The maximum absolute atomic E-state index is 5.71. The second kappa shape index (κ2) is 4.15. The lowest BCUT2D eigenvalue weighted by molar-refractivity contribution is 0.629. The second-order valence-electron chi connectivity index (χ2n) is 3.70. The van der Waals surface area contributed by atoms with Gasteiger partial charge in [-0.25, -0.2) is 4.98 Å². The van der Waals surface area contributed by atoms with Crippen LogP contribution in [0.15, 0.2) is 45.1 Å². The van der Waals surface area contributed by atoms with E-state index < -0.39 is 0 Å². The van der Waals surface area contributed by atoms with Crippen molar-refractivity contribution in [3.63, 3.8) is 0 Å². The summed E-state index contributed by atoms with van der Waals surface area (Å²) in [4.78, 5) is 8.19. The maximum Gasteiger partial charge on any atom is 0.212 e. The summed E-state index contributed by atoms with van der Waals surface area (Å²) < 4.78 is 5.71. The van der Waals surface area contributed by atoms with Gasteiger partial charge in [-0.15, -0.1) is 11.3 Å². The van der Waals surface area contributed by atoms with Crippen LogP contribution in [0.4, 0.5) is 5.13 Å². The molecule has 0 saturated carbocycles. The quantitative estimate of drug-likeness (QED) is 0.545. The van der Waals surface area contributed by atoms with Gasteiger partial charge in [-0.1, -0.05) is 18.2 Å². The summed E-state index contributed by atoms with van der Waals surface area (Å²) in [6.45, 7) is 0. The van der Waals surface area contributed by atoms with Crippen molar-refractivity contribution < 1.29 is 4.42 Å². The number of aromatic nitrogens is 1. The minimum absolute atomic E-state index is 0.000469. The first-order chi connectivity index (χ1) is 8.72. The highest BCUT2D eigenvalue weighted by Gasteiger charge is 2.09. The van der Waals surface area contributed by atoms with Crippen LogP contribution < -0.4 is 11.5 Å². The Labute approximate surface area is 107 Å². The minimum atomic E-state index is 0.000469. The largest absolute Gasteiger partial charge is 0.454 e. The summed E-state index contributed by atoms with van der Waals surface area (Å²) >= 11 is 1.36. The van der Waals surface area contributed by atoms with E-state index in [1.807, 2.05) is 35.7 Å². The summed E-state index contributed by atoms with van der Waals surface area (Å²) in [6, 6.07) is 9.76. The average molecular weight is 258 g/mol. The van der Waals surface area contributed by atoms with Gasteiger partial charge in [0.2, 0.25) is 5.13 Å². The van der Waals surface area contributed by atoms with Crippen molar-refractivity contribution in [3.05, 3.63) is 35.7 Å². The lowest BCUT2D eigenvalue weighted by atomic mass is 10.2. The number of thiazole rings is 1. The number of rotatable bonds is 2. The molecule has 0 aliphatic heterocycles. The number of furan rings is 1. The molecule has 18 heavy (non-hydrogen) atoms. The van der Waals surface area contributed by atoms with Crippen LogP contribution in [-0.4, -0.2) is 10.9 Å². The predicted molar refractivity (Wildman–Crippen MR) is 72.8 cm³/mol. The second-order valence-corrected chi connectivity index (χ2v) is 4.54. The molecule has 6 heteroatoms. The van der Waals surface area contributed by atoms with Crippen molar-refractivity contribution >= 4 is 33.4 Å². The van der Waals surface area contributed by atoms with Gasteiger partial charge in [0.1, 0.15) is 11.3 Å². The van der Waals surface area contributed by atoms with Crippen LogP contribution >= 0.6 is 11.3 Å². The predicted octanol–water partition coefficient (Wildman–Crippen LogP) is 2.46. The molecule has 0 aliphatic rings. The number of hydrogen-bond acceptors (Lipinski definition) is 4. The molecule has 0 saturated heterocycles. The highest BCUT2D eigenvalue weighted by Crippen LogP contribution is 2.30. The van der Waals surface area contributed by atoms with E-state index in [9.17, 15) is 0 Å². The van der Waals surface area contributed by atoms with E-state index in [2.05, 4.69) is 9.98 Å². The topological polar surface area (TPSA) is 90.4 Å². The first kappa shape index (κ1) is 10.8. The number of benzene rings is 1. The molecule has 0 unspecified atom stereocenters. The van der Waals surface area contributed by atoms with Crippen LogP contribution in [0.3, 0.4) is 0 Å². The smallest absolute Gasteiger partial charge is 0.212 e. The molecule has 1 aromatic carbocycles. The van der Waals surface area contributed by atoms with Gasteiger partial charge in [-0.3, -0.25) is 0 Å². The number of nitrogens with two attached hydrogens (primary N) is 2. The Kier molecular flexibility index (Phi) is 2.49. The fraction of sp³-hybridized carbons (Fsp3) is 0. The van der Waals surface area contributed by atoms with Crippen LogP contribution in [0.5, 0.6) is 0 Å². The Morgan fingerprint density at radius 2 is 2.11 bits per heavy atom. The Morgan fingerprint density at radius 3 is 2.89 bits per heavy atom. The van der Waals surface area contributed by atoms with Crippen molar-refractivity contribution in [2.45, 2.75) is 0 Å². The fourth-order valence-corrected chi connectivity index (χ4v) is 2.34. The van der Waals surface area contributed by atoms with E-state index in [0.29, 0.717) is 10.9 Å². The van der Waals surface area contributed by atoms with E-state index in [1.165, 1.54) is 11.3 Å². The number of hydrogen-bond donors (Lipinski definition) is 2. The molecule has 0 atom stereocenters. The third-order valence-electron chi connectivity index (χ3n) is 2.39. The summed E-state index contributed by atoms with van der Waals surface area (Å²) in [5.74, 6) is 0.713. The fourth-order valence-electron chi connectivity index (χ4n) is 1.65. The van der Waals surface area contributed by atoms with Crippen LogP contribution in [0.1, 0.15) is 0 Å². The first-order valence-corrected chi connectivity index (χ1v) is 6.14. The van der Waals surface area contributed by atoms with Gasteiger partial charge in [-0.05, 0) is 12.1 Å². The average Bonchev–Trinajstić information content (AvgIpc) is 2.93. The van der Waals surface area contributed by atoms with Crippen molar-refractivity contribution in [2.24, 2.45) is 16.5 Å². The molecule has 3 rings (SSSR count). The first-order valence-electron chi connectivity index (χ1n) is 5.26. The standard InChI is InChI=1S/C12H10N4OS/c13-11(14)16-12-15-8(6-18-12)10-5-7-3-1-2-4-9(7)17-10/h1-6H,(H4,13,14,15,16). The van der Waals surface area contributed by atoms with Crippen molar-refractivity contribution in [1.29, 1.82) is 0 Å². The third kappa shape index (κ3) is 1.93. The molecule has 0 amide bonds. The monoisotopic (exact) mass is 258 g/mol. The van der Waals surface area contributed by atoms with Gasteiger partial charge in [0.15, 0.2) is 11.7 Å². The van der Waals surface area contributed by atoms with Gasteiger partial charge < -0.3 is 15.9 Å². The van der Waals surface area contributed by atoms with Gasteiger partial charge >= 0.3 is 0 Å². The van der Waals surface area contributed by atoms with Gasteiger partial charge in [0.05, 0.1) is 0 Å². The molecule has 4 N–H and O–H groups in total. The van der Waals surface area contributed by atoms with Crippen molar-refractivity contribution in [3.8, 4) is 11.5 Å². The molecule has 2 aromatic heterocycles. The van der Waals surface area contributed by atoms with Crippen molar-refractivity contribution in [1.82, 2.24) is 4.98 Å². The summed E-state index contributed by atoms with van der Waals surface area (Å²) in [6.07, 6.45) is 0. The van der Waals surface area contributed by atoms with E-state index >= 15 is 0 Å². The molecule has 90 valence electrons. The molecule has 3 aromatic rings. The Bertz CT molecular complexity index is 691. The highest BCUT2D eigenvalue weighted by atomic mass is 32.1. The van der Waals surface area contributed by atoms with Gasteiger partial charge in [-0.2, -0.15) is 4.99 Å². The van der Waals surface area contributed by atoms with Crippen LogP contribution in [-0.2, 0) is 0 Å². The zero-order chi connectivity index (χ0) is 12.5. The zero-order valence-corrected chi connectivity index (χ0v) is 10.1. The lowest BCUT2D eigenvalue weighted by Gasteiger charge is -1.88. The molecule has 5 nitrogen and oxygen atoms in total. The molecular formula is C12H10N4OS. The summed E-state index contributed by atoms with van der Waals surface area (Å²) in [5.41, 5.74) is 12.2. The number of aliphatic imine (C=N–C) groups is 1. The van der Waals surface area contributed by atoms with E-state index in [-0.39, 0.29) is 5.96 Å². The molecule has 0 radical (unpaired) electrons. The minimum Gasteiger partial charge on any atom is -0.454 e. The number of nitrogens with zero attached hydrogens (tertiary/aromatic N) is 2. The highest BCUT2D eigenvalue weighted by molar-refractivity contribution is 7.13. The molecule has 2 heterocycles.